The number of rotatable bonds is 2. The van der Waals surface area contributed by atoms with Gasteiger partial charge in [0, 0.05) is 6.04 Å². The fourth-order valence-electron chi connectivity index (χ4n) is 2.85. The molecule has 0 radical (unpaired) electrons. The van der Waals surface area contributed by atoms with Gasteiger partial charge in [-0.3, -0.25) is 0 Å². The molecular formula is C13H27N. The van der Waals surface area contributed by atoms with Crippen LogP contribution in [0.4, 0.5) is 0 Å². The Bertz CT molecular complexity index is 157. The Kier molecular flexibility index (Phi) is 4.43. The summed E-state index contributed by atoms with van der Waals surface area (Å²) in [7, 11) is 0. The second-order valence-electron chi connectivity index (χ2n) is 5.77. The van der Waals surface area contributed by atoms with Crippen LogP contribution in [0, 0.1) is 11.3 Å². The van der Waals surface area contributed by atoms with Gasteiger partial charge in [0.1, 0.15) is 0 Å². The van der Waals surface area contributed by atoms with Gasteiger partial charge < -0.3 is 5.32 Å². The second-order valence-corrected chi connectivity index (χ2v) is 5.77. The van der Waals surface area contributed by atoms with Crippen molar-refractivity contribution >= 4 is 0 Å². The lowest BCUT2D eigenvalue weighted by Gasteiger charge is -2.36. The standard InChI is InChI=1S/C13H27N/c1-5-14-12-10-8-6-7-9-11(12)13(2,3)4/h11-12,14H,5-10H2,1-4H3. The van der Waals surface area contributed by atoms with Crippen LogP contribution in [-0.4, -0.2) is 12.6 Å². The van der Waals surface area contributed by atoms with Crippen molar-refractivity contribution in [3.8, 4) is 0 Å². The molecule has 14 heavy (non-hydrogen) atoms. The summed E-state index contributed by atoms with van der Waals surface area (Å²) >= 11 is 0. The molecule has 0 saturated heterocycles. The first-order chi connectivity index (χ1) is 6.55. The Morgan fingerprint density at radius 2 is 1.71 bits per heavy atom. The van der Waals surface area contributed by atoms with Crippen LogP contribution in [0.1, 0.15) is 59.8 Å². The second kappa shape index (κ2) is 5.16. The van der Waals surface area contributed by atoms with Gasteiger partial charge in [-0.1, -0.05) is 47.0 Å². The van der Waals surface area contributed by atoms with E-state index < -0.39 is 0 Å². The highest BCUT2D eigenvalue weighted by atomic mass is 14.9. The van der Waals surface area contributed by atoms with Gasteiger partial charge in [0.25, 0.3) is 0 Å². The SMILES string of the molecule is CCNC1CCCCCC1C(C)(C)C. The summed E-state index contributed by atoms with van der Waals surface area (Å²) in [5.74, 6) is 0.866. The van der Waals surface area contributed by atoms with Crippen molar-refractivity contribution in [2.24, 2.45) is 11.3 Å². The molecule has 0 aromatic rings. The van der Waals surface area contributed by atoms with Crippen molar-refractivity contribution in [3.63, 3.8) is 0 Å². The van der Waals surface area contributed by atoms with Gasteiger partial charge in [0.05, 0.1) is 0 Å². The molecule has 1 fully saturated rings. The highest BCUT2D eigenvalue weighted by Crippen LogP contribution is 2.36. The van der Waals surface area contributed by atoms with Gasteiger partial charge in [-0.15, -0.1) is 0 Å². The lowest BCUT2D eigenvalue weighted by atomic mass is 9.74. The molecule has 0 aromatic carbocycles. The van der Waals surface area contributed by atoms with Crippen LogP contribution in [0.25, 0.3) is 0 Å². The van der Waals surface area contributed by atoms with Crippen LogP contribution in [-0.2, 0) is 0 Å². The fraction of sp³-hybridized carbons (Fsp3) is 1.00. The van der Waals surface area contributed by atoms with E-state index in [0.717, 1.165) is 18.5 Å². The smallest absolute Gasteiger partial charge is 0.0100 e. The summed E-state index contributed by atoms with van der Waals surface area (Å²) in [6, 6.07) is 0.766. The maximum atomic E-state index is 3.68. The Morgan fingerprint density at radius 3 is 2.29 bits per heavy atom. The molecule has 0 bridgehead atoms. The molecule has 1 saturated carbocycles. The molecule has 84 valence electrons. The molecular weight excluding hydrogens is 170 g/mol. The Balaban J connectivity index is 2.64. The molecule has 1 aliphatic rings. The molecule has 0 aromatic heterocycles. The van der Waals surface area contributed by atoms with Crippen LogP contribution >= 0.6 is 0 Å². The number of nitrogens with one attached hydrogen (secondary N) is 1. The molecule has 0 heterocycles. The van der Waals surface area contributed by atoms with Crippen LogP contribution in [0.3, 0.4) is 0 Å². The average Bonchev–Trinajstić information content (AvgIpc) is 2.29. The molecule has 1 aliphatic carbocycles. The predicted molar refractivity (Wildman–Crippen MR) is 63.5 cm³/mol. The van der Waals surface area contributed by atoms with Crippen molar-refractivity contribution in [2.75, 3.05) is 6.54 Å². The van der Waals surface area contributed by atoms with E-state index in [1.54, 1.807) is 0 Å². The first-order valence-corrected chi connectivity index (χ1v) is 6.29. The van der Waals surface area contributed by atoms with E-state index in [2.05, 4.69) is 33.0 Å². The largest absolute Gasteiger partial charge is 0.314 e. The van der Waals surface area contributed by atoms with E-state index >= 15 is 0 Å². The number of hydrogen-bond donors (Lipinski definition) is 1. The number of hydrogen-bond acceptors (Lipinski definition) is 1. The summed E-state index contributed by atoms with van der Waals surface area (Å²) in [6.07, 6.45) is 7.10. The quantitative estimate of drug-likeness (QED) is 0.667. The maximum Gasteiger partial charge on any atom is 0.0100 e. The van der Waals surface area contributed by atoms with E-state index in [4.69, 9.17) is 0 Å². The first kappa shape index (κ1) is 12.0. The monoisotopic (exact) mass is 197 g/mol. The van der Waals surface area contributed by atoms with Gasteiger partial charge in [0.2, 0.25) is 0 Å². The lowest BCUT2D eigenvalue weighted by Crippen LogP contribution is -2.41. The molecule has 1 nitrogen and oxygen atoms in total. The molecule has 0 aliphatic heterocycles. The minimum Gasteiger partial charge on any atom is -0.314 e. The van der Waals surface area contributed by atoms with E-state index in [1.807, 2.05) is 0 Å². The van der Waals surface area contributed by atoms with Gasteiger partial charge >= 0.3 is 0 Å². The van der Waals surface area contributed by atoms with Crippen LogP contribution in [0.2, 0.25) is 0 Å². The van der Waals surface area contributed by atoms with Crippen molar-refractivity contribution in [3.05, 3.63) is 0 Å². The Morgan fingerprint density at radius 1 is 1.07 bits per heavy atom. The summed E-state index contributed by atoms with van der Waals surface area (Å²) in [5.41, 5.74) is 0.469. The Hall–Kier alpha value is -0.0400. The summed E-state index contributed by atoms with van der Waals surface area (Å²) in [4.78, 5) is 0. The Labute approximate surface area is 89.7 Å². The van der Waals surface area contributed by atoms with E-state index in [1.165, 1.54) is 32.1 Å². The molecule has 1 heteroatoms. The van der Waals surface area contributed by atoms with Crippen molar-refractivity contribution in [1.29, 1.82) is 0 Å². The molecule has 1 N–H and O–H groups in total. The summed E-state index contributed by atoms with van der Waals surface area (Å²) in [6.45, 7) is 10.5. The first-order valence-electron chi connectivity index (χ1n) is 6.29. The molecule has 1 rings (SSSR count). The van der Waals surface area contributed by atoms with Gasteiger partial charge in [0.15, 0.2) is 0 Å². The molecule has 2 unspecified atom stereocenters. The van der Waals surface area contributed by atoms with Crippen molar-refractivity contribution < 1.29 is 0 Å². The van der Waals surface area contributed by atoms with Crippen molar-refractivity contribution in [2.45, 2.75) is 65.8 Å². The third kappa shape index (κ3) is 3.27. The van der Waals surface area contributed by atoms with Crippen LogP contribution in [0.15, 0.2) is 0 Å². The normalized spacial score (nSPS) is 30.0. The van der Waals surface area contributed by atoms with Crippen molar-refractivity contribution in [1.82, 2.24) is 5.32 Å². The van der Waals surface area contributed by atoms with E-state index in [9.17, 15) is 0 Å². The zero-order valence-corrected chi connectivity index (χ0v) is 10.4. The highest BCUT2D eigenvalue weighted by molar-refractivity contribution is 4.86. The van der Waals surface area contributed by atoms with Gasteiger partial charge in [-0.25, -0.2) is 0 Å². The average molecular weight is 197 g/mol. The third-order valence-corrected chi connectivity index (χ3v) is 3.59. The van der Waals surface area contributed by atoms with Gasteiger partial charge in [-0.2, -0.15) is 0 Å². The van der Waals surface area contributed by atoms with E-state index in [0.29, 0.717) is 5.41 Å². The van der Waals surface area contributed by atoms with Crippen LogP contribution < -0.4 is 5.32 Å². The minimum atomic E-state index is 0.469. The maximum absolute atomic E-state index is 3.68. The third-order valence-electron chi connectivity index (χ3n) is 3.59. The highest BCUT2D eigenvalue weighted by Gasteiger charge is 2.32. The summed E-state index contributed by atoms with van der Waals surface area (Å²) < 4.78 is 0. The molecule has 0 amide bonds. The van der Waals surface area contributed by atoms with E-state index in [-0.39, 0.29) is 0 Å². The molecule has 0 spiro atoms. The fourth-order valence-corrected chi connectivity index (χ4v) is 2.85. The predicted octanol–water partition coefficient (Wildman–Crippen LogP) is 3.59. The summed E-state index contributed by atoms with van der Waals surface area (Å²) in [5, 5.41) is 3.68. The topological polar surface area (TPSA) is 12.0 Å². The zero-order chi connectivity index (χ0) is 10.6. The van der Waals surface area contributed by atoms with Crippen LogP contribution in [0.5, 0.6) is 0 Å². The minimum absolute atomic E-state index is 0.469. The lowest BCUT2D eigenvalue weighted by molar-refractivity contribution is 0.169. The van der Waals surface area contributed by atoms with Gasteiger partial charge in [-0.05, 0) is 30.7 Å². The zero-order valence-electron chi connectivity index (χ0n) is 10.4. The molecule has 2 atom stereocenters.